The maximum absolute atomic E-state index is 13.5. The molecule has 0 radical (unpaired) electrons. The Morgan fingerprint density at radius 2 is 1.59 bits per heavy atom. The minimum atomic E-state index is -0.397. The normalized spacial score (nSPS) is 17.2. The fourth-order valence-electron chi connectivity index (χ4n) is 3.90. The van der Waals surface area contributed by atoms with Crippen LogP contribution in [0.15, 0.2) is 48.4 Å². The standard InChI is InChI=1S/C23H26FN5O3/c1-16(2)32-15-14-29-21(30)19(17-4-6-18(24)7-5-17)20(22(29)31)27-10-12-28(13-11-27)23-25-8-3-9-26-23/h3-9,16H,10-15H2,1-2H3. The van der Waals surface area contributed by atoms with Crippen LogP contribution in [0.4, 0.5) is 10.3 Å². The fraction of sp³-hybridized carbons (Fsp3) is 0.391. The topological polar surface area (TPSA) is 78.9 Å². The predicted molar refractivity (Wildman–Crippen MR) is 117 cm³/mol. The molecule has 8 nitrogen and oxygen atoms in total. The van der Waals surface area contributed by atoms with Crippen molar-refractivity contribution in [3.8, 4) is 0 Å². The van der Waals surface area contributed by atoms with Crippen LogP contribution in [-0.2, 0) is 14.3 Å². The van der Waals surface area contributed by atoms with Crippen LogP contribution >= 0.6 is 0 Å². The molecule has 0 unspecified atom stereocenters. The van der Waals surface area contributed by atoms with Crippen molar-refractivity contribution in [2.24, 2.45) is 0 Å². The molecular weight excluding hydrogens is 413 g/mol. The maximum atomic E-state index is 13.5. The van der Waals surface area contributed by atoms with Gasteiger partial charge in [0.1, 0.15) is 11.5 Å². The van der Waals surface area contributed by atoms with Gasteiger partial charge in [0.15, 0.2) is 0 Å². The number of carbonyl (C=O) groups is 2. The Balaban J connectivity index is 1.59. The second-order valence-corrected chi connectivity index (χ2v) is 7.93. The first-order valence-electron chi connectivity index (χ1n) is 10.7. The Hall–Kier alpha value is -3.33. The second-order valence-electron chi connectivity index (χ2n) is 7.93. The summed E-state index contributed by atoms with van der Waals surface area (Å²) in [5, 5.41) is 0. The zero-order valence-corrected chi connectivity index (χ0v) is 18.2. The molecule has 168 valence electrons. The highest BCUT2D eigenvalue weighted by atomic mass is 19.1. The molecule has 1 aromatic heterocycles. The number of carbonyl (C=O) groups excluding carboxylic acids is 2. The van der Waals surface area contributed by atoms with Gasteiger partial charge in [-0.25, -0.2) is 14.4 Å². The summed E-state index contributed by atoms with van der Waals surface area (Å²) in [7, 11) is 0. The van der Waals surface area contributed by atoms with E-state index in [9.17, 15) is 14.0 Å². The third-order valence-electron chi connectivity index (χ3n) is 5.47. The number of rotatable bonds is 7. The Morgan fingerprint density at radius 3 is 2.22 bits per heavy atom. The van der Waals surface area contributed by atoms with Crippen molar-refractivity contribution in [3.63, 3.8) is 0 Å². The molecule has 0 saturated carbocycles. The summed E-state index contributed by atoms with van der Waals surface area (Å²) < 4.78 is 19.1. The molecule has 32 heavy (non-hydrogen) atoms. The van der Waals surface area contributed by atoms with Crippen LogP contribution in [0.2, 0.25) is 0 Å². The number of piperazine rings is 1. The molecule has 0 bridgehead atoms. The summed E-state index contributed by atoms with van der Waals surface area (Å²) in [4.78, 5) is 40.4. The highest BCUT2D eigenvalue weighted by Crippen LogP contribution is 2.32. The maximum Gasteiger partial charge on any atom is 0.277 e. The molecule has 4 rings (SSSR count). The molecule has 2 amide bonds. The van der Waals surface area contributed by atoms with E-state index in [-0.39, 0.29) is 31.1 Å². The lowest BCUT2D eigenvalue weighted by atomic mass is 10.0. The van der Waals surface area contributed by atoms with Crippen molar-refractivity contribution in [2.45, 2.75) is 20.0 Å². The Bertz CT molecular complexity index is 1000. The van der Waals surface area contributed by atoms with Crippen LogP contribution < -0.4 is 4.90 Å². The molecule has 0 atom stereocenters. The van der Waals surface area contributed by atoms with Crippen molar-refractivity contribution in [3.05, 3.63) is 59.8 Å². The summed E-state index contributed by atoms with van der Waals surface area (Å²) in [5.41, 5.74) is 1.20. The van der Waals surface area contributed by atoms with Gasteiger partial charge >= 0.3 is 0 Å². The van der Waals surface area contributed by atoms with Crippen LogP contribution in [0.25, 0.3) is 5.57 Å². The first-order chi connectivity index (χ1) is 15.5. The SMILES string of the molecule is CC(C)OCCN1C(=O)C(c2ccc(F)cc2)=C(N2CCN(c3ncccn3)CC2)C1=O. The van der Waals surface area contributed by atoms with Crippen LogP contribution in [0, 0.1) is 5.82 Å². The molecule has 0 aliphatic carbocycles. The van der Waals surface area contributed by atoms with Gasteiger partial charge in [0.05, 0.1) is 24.8 Å². The summed E-state index contributed by atoms with van der Waals surface area (Å²) in [5.74, 6) is -0.476. The van der Waals surface area contributed by atoms with Crippen molar-refractivity contribution < 1.29 is 18.7 Å². The number of hydrogen-bond acceptors (Lipinski definition) is 7. The number of benzene rings is 1. The summed E-state index contributed by atoms with van der Waals surface area (Å²) >= 11 is 0. The molecule has 1 saturated heterocycles. The number of halogens is 1. The number of hydrogen-bond donors (Lipinski definition) is 0. The molecule has 0 spiro atoms. The number of amides is 2. The number of ether oxygens (including phenoxy) is 1. The lowest BCUT2D eigenvalue weighted by molar-refractivity contribution is -0.138. The fourth-order valence-corrected chi connectivity index (χ4v) is 3.90. The van der Waals surface area contributed by atoms with Gasteiger partial charge in [-0.1, -0.05) is 12.1 Å². The van der Waals surface area contributed by atoms with E-state index in [2.05, 4.69) is 9.97 Å². The molecular formula is C23H26FN5O3. The summed E-state index contributed by atoms with van der Waals surface area (Å²) in [6.07, 6.45) is 3.39. The summed E-state index contributed by atoms with van der Waals surface area (Å²) in [6, 6.07) is 7.44. The Labute approximate surface area is 186 Å². The Kier molecular flexibility index (Phi) is 6.45. The van der Waals surface area contributed by atoms with Gasteiger partial charge in [-0.05, 0) is 37.6 Å². The minimum Gasteiger partial charge on any atom is -0.377 e. The number of imide groups is 1. The van der Waals surface area contributed by atoms with E-state index < -0.39 is 5.82 Å². The lowest BCUT2D eigenvalue weighted by Gasteiger charge is -2.36. The molecule has 0 N–H and O–H groups in total. The molecule has 1 fully saturated rings. The molecule has 2 aliphatic rings. The second kappa shape index (κ2) is 9.44. The van der Waals surface area contributed by atoms with Gasteiger partial charge in [0.25, 0.3) is 11.8 Å². The molecule has 9 heteroatoms. The van der Waals surface area contributed by atoms with Gasteiger partial charge in [0, 0.05) is 38.6 Å². The first-order valence-corrected chi connectivity index (χ1v) is 10.7. The van der Waals surface area contributed by atoms with Crippen molar-refractivity contribution in [2.75, 3.05) is 44.2 Å². The van der Waals surface area contributed by atoms with E-state index in [4.69, 9.17) is 4.74 Å². The zero-order valence-electron chi connectivity index (χ0n) is 18.2. The van der Waals surface area contributed by atoms with E-state index in [1.165, 1.54) is 29.2 Å². The van der Waals surface area contributed by atoms with Gasteiger partial charge < -0.3 is 14.5 Å². The minimum absolute atomic E-state index is 0.0000821. The summed E-state index contributed by atoms with van der Waals surface area (Å²) in [6.45, 7) is 6.53. The van der Waals surface area contributed by atoms with Crippen molar-refractivity contribution >= 4 is 23.3 Å². The number of nitrogens with zero attached hydrogens (tertiary/aromatic N) is 5. The lowest BCUT2D eigenvalue weighted by Crippen LogP contribution is -2.48. The number of anilines is 1. The van der Waals surface area contributed by atoms with Gasteiger partial charge in [-0.3, -0.25) is 14.5 Å². The van der Waals surface area contributed by atoms with Gasteiger partial charge in [-0.2, -0.15) is 0 Å². The van der Waals surface area contributed by atoms with E-state index in [1.807, 2.05) is 23.6 Å². The average molecular weight is 439 g/mol. The quantitative estimate of drug-likeness (QED) is 0.610. The number of aromatic nitrogens is 2. The molecule has 3 heterocycles. The largest absolute Gasteiger partial charge is 0.377 e. The Morgan fingerprint density at radius 1 is 0.969 bits per heavy atom. The average Bonchev–Trinajstić information content (AvgIpc) is 3.05. The van der Waals surface area contributed by atoms with E-state index in [1.54, 1.807) is 18.5 Å². The van der Waals surface area contributed by atoms with E-state index >= 15 is 0 Å². The van der Waals surface area contributed by atoms with Crippen LogP contribution in [-0.4, -0.2) is 77.0 Å². The van der Waals surface area contributed by atoms with E-state index in [0.29, 0.717) is 49.0 Å². The highest BCUT2D eigenvalue weighted by molar-refractivity contribution is 6.35. The molecule has 2 aromatic rings. The van der Waals surface area contributed by atoms with Crippen molar-refractivity contribution in [1.29, 1.82) is 0 Å². The third kappa shape index (κ3) is 4.47. The highest BCUT2D eigenvalue weighted by Gasteiger charge is 2.42. The van der Waals surface area contributed by atoms with Crippen LogP contribution in [0.3, 0.4) is 0 Å². The molecule has 2 aliphatic heterocycles. The van der Waals surface area contributed by atoms with Crippen LogP contribution in [0.1, 0.15) is 19.4 Å². The van der Waals surface area contributed by atoms with Crippen LogP contribution in [0.5, 0.6) is 0 Å². The van der Waals surface area contributed by atoms with E-state index in [0.717, 1.165) is 0 Å². The first kappa shape index (κ1) is 21.9. The smallest absolute Gasteiger partial charge is 0.277 e. The van der Waals surface area contributed by atoms with Crippen molar-refractivity contribution in [1.82, 2.24) is 19.8 Å². The van der Waals surface area contributed by atoms with Gasteiger partial charge in [-0.15, -0.1) is 0 Å². The zero-order chi connectivity index (χ0) is 22.7. The predicted octanol–water partition coefficient (Wildman–Crippen LogP) is 1.94. The third-order valence-corrected chi connectivity index (χ3v) is 5.47. The van der Waals surface area contributed by atoms with Gasteiger partial charge in [0.2, 0.25) is 5.95 Å². The monoisotopic (exact) mass is 439 g/mol. The molecule has 1 aromatic carbocycles.